The number of carbonyl (C=O) groups is 12. The molecule has 25 nitrogen and oxygen atoms in total. The third-order valence-electron chi connectivity index (χ3n) is 18.5. The SMILES string of the molecule is CC[C@H](C)[C@@H]([C@@H](CC(=O)N1CCC[C@H]1[C@H](OC)[C@@H](C)C(=O)C[C@H](C)[C@@H](O)c1ccccc1)OC)N(C)C(=O)[C@@H](CC(=O)[C@H](C(C)C)N(C)C(=O)OCc1ccc(NC(=O)[C@H](CCCNC(N)=O)CC(=O)[C@@H](NC(=O)CCCC(=O)ON2C(=O)CCC2=O)C(C)C)cc1)C(C)C. The molecule has 0 unspecified atom stereocenters. The fourth-order valence-corrected chi connectivity index (χ4v) is 12.8. The van der Waals surface area contributed by atoms with Crippen molar-refractivity contribution in [3.05, 3.63) is 65.7 Å². The lowest BCUT2D eigenvalue weighted by molar-refractivity contribution is -0.197. The lowest BCUT2D eigenvalue weighted by Gasteiger charge is -2.41. The minimum absolute atomic E-state index is 0.00101. The number of likely N-dealkylation sites (tertiary alicyclic amines) is 1. The maximum absolute atomic E-state index is 14.9. The van der Waals surface area contributed by atoms with Crippen LogP contribution in [0.2, 0.25) is 0 Å². The zero-order valence-electron chi connectivity index (χ0n) is 58.2. The Balaban J connectivity index is 1.38. The predicted molar refractivity (Wildman–Crippen MR) is 354 cm³/mol. The first-order chi connectivity index (χ1) is 44.9. The molecule has 2 aliphatic rings. The van der Waals surface area contributed by atoms with Crippen molar-refractivity contribution in [2.24, 2.45) is 53.1 Å². The van der Waals surface area contributed by atoms with Crippen LogP contribution >= 0.6 is 0 Å². The van der Waals surface area contributed by atoms with Gasteiger partial charge in [-0.05, 0) is 85.0 Å². The number of nitrogens with zero attached hydrogens (tertiary/aromatic N) is 4. The highest BCUT2D eigenvalue weighted by Gasteiger charge is 2.44. The van der Waals surface area contributed by atoms with Crippen LogP contribution in [-0.2, 0) is 73.6 Å². The van der Waals surface area contributed by atoms with Crippen LogP contribution < -0.4 is 21.7 Å². The molecule has 0 saturated carbocycles. The third-order valence-corrected chi connectivity index (χ3v) is 18.5. The number of hydrogen-bond acceptors (Lipinski definition) is 17. The summed E-state index contributed by atoms with van der Waals surface area (Å²) < 4.78 is 17.8. The van der Waals surface area contributed by atoms with Crippen molar-refractivity contribution in [1.82, 2.24) is 30.4 Å². The van der Waals surface area contributed by atoms with E-state index in [0.29, 0.717) is 42.1 Å². The quantitative estimate of drug-likeness (QED) is 0.0316. The maximum atomic E-state index is 14.9. The largest absolute Gasteiger partial charge is 0.445 e. The first kappa shape index (κ1) is 79.8. The van der Waals surface area contributed by atoms with E-state index in [1.165, 1.54) is 19.1 Å². The molecular formula is C70H106N8O17. The number of primary amides is 1. The lowest BCUT2D eigenvalue weighted by Crippen LogP contribution is -2.54. The summed E-state index contributed by atoms with van der Waals surface area (Å²) in [6.07, 6.45) is -1.56. The van der Waals surface area contributed by atoms with Crippen LogP contribution in [0.1, 0.15) is 176 Å². The number of nitrogens with two attached hydrogens (primary N) is 1. The number of nitrogens with one attached hydrogen (secondary N) is 3. The number of aliphatic hydroxyl groups is 1. The summed E-state index contributed by atoms with van der Waals surface area (Å²) in [6, 6.07) is 11.9. The number of aliphatic hydroxyl groups excluding tert-OH is 1. The number of hydroxylamine groups is 2. The molecule has 0 spiro atoms. The molecule has 12 atom stereocenters. The second kappa shape index (κ2) is 38.8. The van der Waals surface area contributed by atoms with Crippen LogP contribution in [0.15, 0.2) is 54.6 Å². The van der Waals surface area contributed by atoms with Gasteiger partial charge >= 0.3 is 18.1 Å². The molecule has 2 fully saturated rings. The number of imide groups is 1. The monoisotopic (exact) mass is 1330 g/mol. The topological polar surface area (TPSA) is 337 Å². The van der Waals surface area contributed by atoms with E-state index < -0.39 is 120 Å². The number of anilines is 1. The highest BCUT2D eigenvalue weighted by molar-refractivity contribution is 6.02. The van der Waals surface area contributed by atoms with Gasteiger partial charge < -0.3 is 60.5 Å². The van der Waals surface area contributed by atoms with Gasteiger partial charge in [-0.25, -0.2) is 14.4 Å². The van der Waals surface area contributed by atoms with Gasteiger partial charge in [0.05, 0.1) is 48.9 Å². The van der Waals surface area contributed by atoms with Crippen molar-refractivity contribution in [3.8, 4) is 0 Å². The number of urea groups is 1. The number of ketones is 3. The maximum Gasteiger partial charge on any atom is 0.410 e. The summed E-state index contributed by atoms with van der Waals surface area (Å²) in [6.45, 7) is 18.8. The van der Waals surface area contributed by atoms with Gasteiger partial charge in [0.2, 0.25) is 23.6 Å². The van der Waals surface area contributed by atoms with E-state index in [9.17, 15) is 62.6 Å². The van der Waals surface area contributed by atoms with Crippen molar-refractivity contribution >= 4 is 76.6 Å². The first-order valence-electron chi connectivity index (χ1n) is 33.5. The van der Waals surface area contributed by atoms with Gasteiger partial charge in [-0.2, -0.15) is 0 Å². The smallest absolute Gasteiger partial charge is 0.410 e. The van der Waals surface area contributed by atoms with Crippen molar-refractivity contribution in [3.63, 3.8) is 0 Å². The van der Waals surface area contributed by atoms with Gasteiger partial charge in [-0.1, -0.05) is 118 Å². The van der Waals surface area contributed by atoms with E-state index in [0.717, 1.165) is 5.56 Å². The second-order valence-electron chi connectivity index (χ2n) is 26.6. The van der Waals surface area contributed by atoms with Gasteiger partial charge in [0.1, 0.15) is 12.4 Å². The molecule has 2 aromatic carbocycles. The van der Waals surface area contributed by atoms with Crippen LogP contribution in [0.4, 0.5) is 15.3 Å². The van der Waals surface area contributed by atoms with Crippen LogP contribution in [0.3, 0.4) is 0 Å². The normalized spacial score (nSPS) is 17.6. The first-order valence-corrected chi connectivity index (χ1v) is 33.5. The molecule has 2 aliphatic heterocycles. The van der Waals surface area contributed by atoms with Crippen LogP contribution in [-0.4, -0.2) is 174 Å². The summed E-state index contributed by atoms with van der Waals surface area (Å²) in [5, 5.41) is 19.5. The van der Waals surface area contributed by atoms with Gasteiger partial charge in [-0.3, -0.25) is 43.2 Å². The van der Waals surface area contributed by atoms with Crippen molar-refractivity contribution in [1.29, 1.82) is 0 Å². The molecule has 0 aromatic heterocycles. The molecule has 528 valence electrons. The molecule has 25 heteroatoms. The fourth-order valence-electron chi connectivity index (χ4n) is 12.8. The number of rotatable bonds is 40. The van der Waals surface area contributed by atoms with Crippen LogP contribution in [0, 0.1) is 47.3 Å². The Hall–Kier alpha value is -7.64. The molecule has 2 aromatic rings. The standard InChI is InChI=1S/C70H106N8O17/c1-15-44(8)64(56(92-13)39-60(85)77-35-21-25-52(77)66(93-14)46(10)53(79)36-45(9)65(87)48-22-17-16-18-23-48)75(11)68(89)51(41(2)3)38-55(81)63(43(6)7)76(12)70(91)94-40-47-28-30-50(31-29-47)73-67(88)49(24-20-34-72-69(71)90)37-54(80)62(42(4)5)74-57(82)26-19-27-61(86)95-78-58(83)32-33-59(78)84/h16-18,22-23,28-31,41-46,49,51-52,56,62-66,87H,15,19-21,24-27,32-40H2,1-14H3,(H,73,88)(H,74,82)(H3,71,72,90)/t44-,45-,46-,49+,51-,52-,56+,62-,63-,64-,65+,66+/m0/s1. The van der Waals surface area contributed by atoms with Crippen LogP contribution in [0.5, 0.6) is 0 Å². The number of amides is 9. The molecule has 4 rings (SSSR count). The van der Waals surface area contributed by atoms with Gasteiger partial charge in [-0.15, -0.1) is 5.06 Å². The molecular weight excluding hydrogens is 1220 g/mol. The van der Waals surface area contributed by atoms with E-state index in [1.54, 1.807) is 75.9 Å². The number of hydrogen-bond donors (Lipinski definition) is 5. The van der Waals surface area contributed by atoms with E-state index in [-0.39, 0.29) is 125 Å². The third kappa shape index (κ3) is 23.6. The molecule has 2 saturated heterocycles. The molecule has 0 bridgehead atoms. The Morgan fingerprint density at radius 2 is 1.37 bits per heavy atom. The van der Waals surface area contributed by atoms with Crippen LogP contribution in [0.25, 0.3) is 0 Å². The highest BCUT2D eigenvalue weighted by atomic mass is 16.7. The number of carbonyl (C=O) groups excluding carboxylic acids is 12. The Kier molecular flexibility index (Phi) is 32.6. The predicted octanol–water partition coefficient (Wildman–Crippen LogP) is 7.64. The molecule has 0 aliphatic carbocycles. The van der Waals surface area contributed by atoms with E-state index in [4.69, 9.17) is 24.8 Å². The molecule has 9 amide bonds. The average Bonchev–Trinajstić information content (AvgIpc) is 1.80. The minimum atomic E-state index is -1.00. The Bertz CT molecular complexity index is 2910. The van der Waals surface area contributed by atoms with E-state index >= 15 is 0 Å². The number of methoxy groups -OCH3 is 2. The summed E-state index contributed by atoms with van der Waals surface area (Å²) >= 11 is 0. The minimum Gasteiger partial charge on any atom is -0.445 e. The highest BCUT2D eigenvalue weighted by Crippen LogP contribution is 2.34. The molecule has 95 heavy (non-hydrogen) atoms. The fraction of sp³-hybridized carbons (Fsp3) is 0.657. The number of ether oxygens (including phenoxy) is 3. The Labute approximate surface area is 560 Å². The zero-order valence-corrected chi connectivity index (χ0v) is 58.2. The second-order valence-corrected chi connectivity index (χ2v) is 26.6. The Morgan fingerprint density at radius 3 is 1.94 bits per heavy atom. The summed E-state index contributed by atoms with van der Waals surface area (Å²) in [5.41, 5.74) is 6.86. The van der Waals surface area contributed by atoms with E-state index in [2.05, 4.69) is 16.0 Å². The molecule has 0 radical (unpaired) electrons. The zero-order chi connectivity index (χ0) is 71.0. The lowest BCUT2D eigenvalue weighted by atomic mass is 9.83. The van der Waals surface area contributed by atoms with Crippen molar-refractivity contribution < 1.29 is 81.7 Å². The number of benzene rings is 2. The van der Waals surface area contributed by atoms with Crippen molar-refractivity contribution in [2.45, 2.75) is 208 Å². The Morgan fingerprint density at radius 1 is 0.726 bits per heavy atom. The van der Waals surface area contributed by atoms with Gasteiger partial charge in [0, 0.05) is 110 Å². The summed E-state index contributed by atoms with van der Waals surface area (Å²) in [7, 11) is 6.20. The van der Waals surface area contributed by atoms with Crippen molar-refractivity contribution in [2.75, 3.05) is 46.7 Å². The van der Waals surface area contributed by atoms with E-state index in [1.807, 2.05) is 71.9 Å². The number of Topliss-reactive ketones (excluding diaryl/α,β-unsaturated/α-hetero) is 3. The summed E-state index contributed by atoms with van der Waals surface area (Å²) in [4.78, 5) is 169. The summed E-state index contributed by atoms with van der Waals surface area (Å²) in [5.74, 6) is -8.47. The average molecular weight is 1330 g/mol. The van der Waals surface area contributed by atoms with Gasteiger partial charge in [0.15, 0.2) is 11.6 Å². The van der Waals surface area contributed by atoms with Gasteiger partial charge in [0.25, 0.3) is 11.8 Å². The molecule has 6 N–H and O–H groups in total. The number of likely N-dealkylation sites (N-methyl/N-ethyl adjacent to an activating group) is 2. The molecule has 2 heterocycles.